The van der Waals surface area contributed by atoms with Crippen LogP contribution in [0.1, 0.15) is 6.42 Å². The first kappa shape index (κ1) is 12.7. The highest BCUT2D eigenvalue weighted by molar-refractivity contribution is 5.94. The van der Waals surface area contributed by atoms with Gasteiger partial charge in [-0.2, -0.15) is 0 Å². The number of hydrogen-bond acceptors (Lipinski definition) is 4. The van der Waals surface area contributed by atoms with E-state index in [1.54, 1.807) is 17.3 Å². The summed E-state index contributed by atoms with van der Waals surface area (Å²) in [6.45, 7) is 0.534. The number of amides is 1. The van der Waals surface area contributed by atoms with Crippen molar-refractivity contribution < 1.29 is 9.90 Å². The Morgan fingerprint density at radius 2 is 2.00 bits per heavy atom. The van der Waals surface area contributed by atoms with Crippen LogP contribution < -0.4 is 4.90 Å². The van der Waals surface area contributed by atoms with Gasteiger partial charge >= 0.3 is 0 Å². The van der Waals surface area contributed by atoms with Crippen LogP contribution in [-0.4, -0.2) is 34.1 Å². The highest BCUT2D eigenvalue weighted by Gasteiger charge is 2.30. The molecule has 3 rings (SSSR count). The summed E-state index contributed by atoms with van der Waals surface area (Å²) < 4.78 is 0. The predicted molar refractivity (Wildman–Crippen MR) is 75.0 cm³/mol. The Morgan fingerprint density at radius 1 is 1.20 bits per heavy atom. The number of rotatable bonds is 3. The molecule has 1 aromatic carbocycles. The molecule has 2 aromatic rings. The molecule has 1 aliphatic heterocycles. The van der Waals surface area contributed by atoms with Gasteiger partial charge in [0.2, 0.25) is 5.91 Å². The van der Waals surface area contributed by atoms with Crippen LogP contribution in [0.2, 0.25) is 0 Å². The molecule has 2 heterocycles. The molecule has 0 aliphatic carbocycles. The number of aliphatic hydroxyl groups excluding tert-OH is 1. The summed E-state index contributed by atoms with van der Waals surface area (Å²) in [6, 6.07) is 9.77. The second kappa shape index (κ2) is 5.38. The number of anilines is 1. The molecule has 1 fully saturated rings. The lowest BCUT2D eigenvalue weighted by Crippen LogP contribution is -2.26. The molecule has 1 aliphatic rings. The van der Waals surface area contributed by atoms with Crippen molar-refractivity contribution in [1.29, 1.82) is 0 Å². The minimum Gasteiger partial charge on any atom is -0.396 e. The number of nitrogens with zero attached hydrogens (tertiary/aromatic N) is 3. The standard InChI is InChI=1S/C15H15N3O2/c19-10-11-6-15(20)18(9-11)14-8-16-13(7-17-14)12-4-2-1-3-5-12/h1-5,7-8,11,19H,6,9-10H2. The number of benzene rings is 1. The van der Waals surface area contributed by atoms with Gasteiger partial charge in [-0.05, 0) is 0 Å². The Hall–Kier alpha value is -2.27. The Kier molecular flexibility index (Phi) is 3.43. The van der Waals surface area contributed by atoms with Crippen molar-refractivity contribution in [2.75, 3.05) is 18.1 Å². The zero-order valence-corrected chi connectivity index (χ0v) is 10.9. The van der Waals surface area contributed by atoms with Crippen LogP contribution in [0, 0.1) is 5.92 Å². The average Bonchev–Trinajstić information content (AvgIpc) is 2.89. The van der Waals surface area contributed by atoms with Gasteiger partial charge in [0.25, 0.3) is 0 Å². The average molecular weight is 269 g/mol. The summed E-state index contributed by atoms with van der Waals surface area (Å²) in [5.41, 5.74) is 1.77. The van der Waals surface area contributed by atoms with Gasteiger partial charge in [-0.1, -0.05) is 30.3 Å². The molecule has 5 nitrogen and oxygen atoms in total. The van der Waals surface area contributed by atoms with Gasteiger partial charge in [0, 0.05) is 31.1 Å². The highest BCUT2D eigenvalue weighted by atomic mass is 16.3. The van der Waals surface area contributed by atoms with E-state index >= 15 is 0 Å². The fourth-order valence-corrected chi connectivity index (χ4v) is 2.34. The molecule has 0 bridgehead atoms. The monoisotopic (exact) mass is 269 g/mol. The van der Waals surface area contributed by atoms with Gasteiger partial charge in [-0.15, -0.1) is 0 Å². The van der Waals surface area contributed by atoms with Crippen LogP contribution in [0.25, 0.3) is 11.3 Å². The second-order valence-corrected chi connectivity index (χ2v) is 4.88. The molecule has 1 atom stereocenters. The maximum atomic E-state index is 11.8. The summed E-state index contributed by atoms with van der Waals surface area (Å²) in [4.78, 5) is 22.1. The second-order valence-electron chi connectivity index (χ2n) is 4.88. The van der Waals surface area contributed by atoms with Gasteiger partial charge in [-0.3, -0.25) is 14.7 Å². The molecule has 20 heavy (non-hydrogen) atoms. The van der Waals surface area contributed by atoms with Crippen LogP contribution >= 0.6 is 0 Å². The van der Waals surface area contributed by atoms with Crippen LogP contribution in [0.4, 0.5) is 5.82 Å². The van der Waals surface area contributed by atoms with Gasteiger partial charge in [0.15, 0.2) is 5.82 Å². The van der Waals surface area contributed by atoms with Crippen molar-refractivity contribution in [3.63, 3.8) is 0 Å². The highest BCUT2D eigenvalue weighted by Crippen LogP contribution is 2.24. The Bertz CT molecular complexity index is 598. The molecule has 0 saturated carbocycles. The first-order valence-corrected chi connectivity index (χ1v) is 6.56. The van der Waals surface area contributed by atoms with E-state index in [9.17, 15) is 4.79 Å². The molecule has 0 spiro atoms. The lowest BCUT2D eigenvalue weighted by atomic mass is 10.1. The number of carbonyl (C=O) groups is 1. The number of aromatic nitrogens is 2. The van der Waals surface area contributed by atoms with Crippen molar-refractivity contribution in [3.8, 4) is 11.3 Å². The van der Waals surface area contributed by atoms with Crippen molar-refractivity contribution in [2.45, 2.75) is 6.42 Å². The van der Waals surface area contributed by atoms with E-state index in [-0.39, 0.29) is 18.4 Å². The topological polar surface area (TPSA) is 66.3 Å². The quantitative estimate of drug-likeness (QED) is 0.916. The van der Waals surface area contributed by atoms with Crippen molar-refractivity contribution in [3.05, 3.63) is 42.7 Å². The van der Waals surface area contributed by atoms with Crippen LogP contribution in [0.5, 0.6) is 0 Å². The maximum Gasteiger partial charge on any atom is 0.228 e. The smallest absolute Gasteiger partial charge is 0.228 e. The SMILES string of the molecule is O=C1CC(CO)CN1c1cnc(-c2ccccc2)cn1. The fraction of sp³-hybridized carbons (Fsp3) is 0.267. The Labute approximate surface area is 116 Å². The summed E-state index contributed by atoms with van der Waals surface area (Å²) in [7, 11) is 0. The molecule has 1 amide bonds. The molecule has 0 radical (unpaired) electrons. The van der Waals surface area contributed by atoms with E-state index < -0.39 is 0 Å². The molecule has 1 saturated heterocycles. The van der Waals surface area contributed by atoms with Crippen LogP contribution in [0.3, 0.4) is 0 Å². The third-order valence-corrected chi connectivity index (χ3v) is 3.45. The minimum atomic E-state index is -0.00851. The molecule has 1 unspecified atom stereocenters. The maximum absolute atomic E-state index is 11.8. The Balaban J connectivity index is 1.82. The van der Waals surface area contributed by atoms with Crippen LogP contribution in [0.15, 0.2) is 42.7 Å². The molecule has 1 aromatic heterocycles. The summed E-state index contributed by atoms with van der Waals surface area (Å²) in [5, 5.41) is 9.13. The van der Waals surface area contributed by atoms with Crippen molar-refractivity contribution in [1.82, 2.24) is 9.97 Å². The summed E-state index contributed by atoms with van der Waals surface area (Å²) >= 11 is 0. The van der Waals surface area contributed by atoms with Gasteiger partial charge in [-0.25, -0.2) is 4.98 Å². The third-order valence-electron chi connectivity index (χ3n) is 3.45. The zero-order chi connectivity index (χ0) is 13.9. The molecule has 1 N–H and O–H groups in total. The van der Waals surface area contributed by atoms with E-state index in [1.165, 1.54) is 0 Å². The lowest BCUT2D eigenvalue weighted by molar-refractivity contribution is -0.117. The van der Waals surface area contributed by atoms with E-state index in [2.05, 4.69) is 9.97 Å². The molecular formula is C15H15N3O2. The number of hydrogen-bond donors (Lipinski definition) is 1. The van der Waals surface area contributed by atoms with Crippen molar-refractivity contribution in [2.24, 2.45) is 5.92 Å². The van der Waals surface area contributed by atoms with E-state index in [4.69, 9.17) is 5.11 Å². The van der Waals surface area contributed by atoms with Crippen molar-refractivity contribution >= 4 is 11.7 Å². The van der Waals surface area contributed by atoms with Gasteiger partial charge < -0.3 is 5.11 Å². The van der Waals surface area contributed by atoms with E-state index in [0.29, 0.717) is 18.8 Å². The summed E-state index contributed by atoms with van der Waals surface area (Å²) in [5.74, 6) is 0.537. The minimum absolute atomic E-state index is 0.00176. The number of carbonyl (C=O) groups excluding carboxylic acids is 1. The molecular weight excluding hydrogens is 254 g/mol. The van der Waals surface area contributed by atoms with Gasteiger partial charge in [0.1, 0.15) is 0 Å². The summed E-state index contributed by atoms with van der Waals surface area (Å²) in [6.07, 6.45) is 3.66. The first-order valence-electron chi connectivity index (χ1n) is 6.56. The van der Waals surface area contributed by atoms with E-state index in [1.807, 2.05) is 30.3 Å². The Morgan fingerprint density at radius 3 is 2.60 bits per heavy atom. The van der Waals surface area contributed by atoms with Crippen LogP contribution in [-0.2, 0) is 4.79 Å². The zero-order valence-electron chi connectivity index (χ0n) is 10.9. The number of aliphatic hydroxyl groups is 1. The lowest BCUT2D eigenvalue weighted by Gasteiger charge is -2.14. The first-order chi connectivity index (χ1) is 9.78. The fourth-order valence-electron chi connectivity index (χ4n) is 2.34. The van der Waals surface area contributed by atoms with Gasteiger partial charge in [0.05, 0.1) is 18.1 Å². The van der Waals surface area contributed by atoms with E-state index in [0.717, 1.165) is 11.3 Å². The largest absolute Gasteiger partial charge is 0.396 e. The normalized spacial score (nSPS) is 18.6. The molecule has 5 heteroatoms. The molecule has 102 valence electrons. The third kappa shape index (κ3) is 2.40. The predicted octanol–water partition coefficient (Wildman–Crippen LogP) is 1.49.